The summed E-state index contributed by atoms with van der Waals surface area (Å²) in [6, 6.07) is 11.8. The Morgan fingerprint density at radius 3 is 2.93 bits per heavy atom. The fourth-order valence-electron chi connectivity index (χ4n) is 2.69. The lowest BCUT2D eigenvalue weighted by molar-refractivity contribution is -0.114. The van der Waals surface area contributed by atoms with Crippen LogP contribution >= 0.6 is 11.6 Å². The van der Waals surface area contributed by atoms with Crippen molar-refractivity contribution in [1.29, 1.82) is 0 Å². The quantitative estimate of drug-likeness (QED) is 0.677. The molecule has 9 heteroatoms. The molecule has 1 aliphatic carbocycles. The predicted molar refractivity (Wildman–Crippen MR) is 100 cm³/mol. The average Bonchev–Trinajstić information content (AvgIpc) is 3.40. The number of aromatic nitrogens is 4. The Morgan fingerprint density at radius 1 is 1.26 bits per heavy atom. The number of amides is 1. The number of carbonyl (C=O) groups excluding carboxylic acids is 1. The van der Waals surface area contributed by atoms with E-state index in [-0.39, 0.29) is 18.1 Å². The van der Waals surface area contributed by atoms with E-state index in [2.05, 4.69) is 26.2 Å². The Morgan fingerprint density at radius 2 is 2.11 bits per heavy atom. The minimum absolute atomic E-state index is 0.0248. The van der Waals surface area contributed by atoms with Gasteiger partial charge in [0.2, 0.25) is 5.91 Å². The first kappa shape index (κ1) is 17.4. The number of hydrogen-bond donors (Lipinski definition) is 2. The minimum Gasteiger partial charge on any atom is -0.376 e. The zero-order valence-corrected chi connectivity index (χ0v) is 14.9. The van der Waals surface area contributed by atoms with Crippen molar-refractivity contribution in [3.05, 3.63) is 53.3 Å². The second-order valence-corrected chi connectivity index (χ2v) is 6.72. The third-order valence-corrected chi connectivity index (χ3v) is 4.40. The molecule has 0 aliphatic heterocycles. The highest BCUT2D eigenvalue weighted by atomic mass is 35.5. The van der Waals surface area contributed by atoms with Crippen molar-refractivity contribution in [3.63, 3.8) is 0 Å². The van der Waals surface area contributed by atoms with Crippen molar-refractivity contribution >= 4 is 28.9 Å². The van der Waals surface area contributed by atoms with Crippen LogP contribution in [0.15, 0.2) is 42.5 Å². The van der Waals surface area contributed by atoms with Gasteiger partial charge in [0, 0.05) is 16.3 Å². The topological polar surface area (TPSA) is 84.7 Å². The van der Waals surface area contributed by atoms with Crippen LogP contribution in [0.2, 0.25) is 5.02 Å². The molecule has 7 nitrogen and oxygen atoms in total. The van der Waals surface area contributed by atoms with Crippen molar-refractivity contribution in [2.45, 2.75) is 18.9 Å². The van der Waals surface area contributed by atoms with E-state index in [0.717, 1.165) is 24.1 Å². The average molecular weight is 387 g/mol. The molecule has 0 spiro atoms. The number of nitrogens with one attached hydrogen (secondary N) is 2. The maximum absolute atomic E-state index is 13.7. The molecular weight excluding hydrogens is 371 g/mol. The monoisotopic (exact) mass is 386 g/mol. The molecule has 0 bridgehead atoms. The second-order valence-electron chi connectivity index (χ2n) is 6.28. The maximum atomic E-state index is 13.7. The zero-order chi connectivity index (χ0) is 18.8. The number of rotatable bonds is 6. The van der Waals surface area contributed by atoms with Gasteiger partial charge in [-0.3, -0.25) is 4.79 Å². The first-order chi connectivity index (χ1) is 13.1. The molecule has 0 atom stereocenters. The molecule has 1 heterocycles. The third-order valence-electron chi connectivity index (χ3n) is 4.16. The highest BCUT2D eigenvalue weighted by Crippen LogP contribution is 2.36. The molecule has 1 aromatic heterocycles. The van der Waals surface area contributed by atoms with E-state index < -0.39 is 5.82 Å². The molecule has 1 aliphatic rings. The van der Waals surface area contributed by atoms with Crippen LogP contribution in [0.25, 0.3) is 11.4 Å². The van der Waals surface area contributed by atoms with E-state index >= 15 is 0 Å². The lowest BCUT2D eigenvalue weighted by atomic mass is 10.2. The van der Waals surface area contributed by atoms with Gasteiger partial charge < -0.3 is 10.6 Å². The number of halogens is 2. The van der Waals surface area contributed by atoms with Gasteiger partial charge in [0.15, 0.2) is 5.82 Å². The molecule has 0 unspecified atom stereocenters. The maximum Gasteiger partial charge on any atom is 0.243 e. The number of carbonyl (C=O) groups is 1. The number of anilines is 2. The number of nitrogens with zero attached hydrogens (tertiary/aromatic N) is 4. The molecular formula is C18H16ClFN6O. The summed E-state index contributed by atoms with van der Waals surface area (Å²) in [5, 5.41) is 17.8. The van der Waals surface area contributed by atoms with Gasteiger partial charge in [-0.1, -0.05) is 23.7 Å². The third kappa shape index (κ3) is 4.06. The van der Waals surface area contributed by atoms with Gasteiger partial charge in [0.25, 0.3) is 0 Å². The molecule has 1 fully saturated rings. The summed E-state index contributed by atoms with van der Waals surface area (Å²) >= 11 is 5.83. The lowest BCUT2D eigenvalue weighted by Gasteiger charge is -2.10. The first-order valence-electron chi connectivity index (χ1n) is 8.47. The zero-order valence-electron chi connectivity index (χ0n) is 14.2. The van der Waals surface area contributed by atoms with E-state index in [1.165, 1.54) is 18.2 Å². The molecule has 4 rings (SSSR count). The van der Waals surface area contributed by atoms with Gasteiger partial charge in [-0.25, -0.2) is 9.07 Å². The van der Waals surface area contributed by atoms with Crippen molar-refractivity contribution < 1.29 is 9.18 Å². The molecule has 27 heavy (non-hydrogen) atoms. The Balaban J connectivity index is 1.42. The number of tetrazole rings is 1. The first-order valence-corrected chi connectivity index (χ1v) is 8.85. The van der Waals surface area contributed by atoms with Crippen LogP contribution < -0.4 is 10.6 Å². The van der Waals surface area contributed by atoms with E-state index in [4.69, 9.17) is 11.6 Å². The highest BCUT2D eigenvalue weighted by Gasteiger charge is 2.28. The van der Waals surface area contributed by atoms with Crippen LogP contribution in [0.5, 0.6) is 0 Å². The molecule has 3 aromatic rings. The Hall–Kier alpha value is -3.00. The van der Waals surface area contributed by atoms with Crippen molar-refractivity contribution in [1.82, 2.24) is 20.2 Å². The summed E-state index contributed by atoms with van der Waals surface area (Å²) in [6.07, 6.45) is 2.16. The minimum atomic E-state index is -0.540. The van der Waals surface area contributed by atoms with Crippen LogP contribution in [0.4, 0.5) is 15.8 Å². The largest absolute Gasteiger partial charge is 0.376 e. The van der Waals surface area contributed by atoms with Gasteiger partial charge >= 0.3 is 0 Å². The Labute approximate surface area is 159 Å². The summed E-state index contributed by atoms with van der Waals surface area (Å²) < 4.78 is 15.5. The van der Waals surface area contributed by atoms with Gasteiger partial charge in [0.05, 0.1) is 18.3 Å². The van der Waals surface area contributed by atoms with Gasteiger partial charge in [0.1, 0.15) is 5.82 Å². The second kappa shape index (κ2) is 7.32. The molecule has 1 saturated carbocycles. The van der Waals surface area contributed by atoms with Crippen LogP contribution in [0.1, 0.15) is 18.9 Å². The molecule has 2 aromatic carbocycles. The fraction of sp³-hybridized carbons (Fsp3) is 0.222. The Kier molecular flexibility index (Phi) is 4.72. The number of benzene rings is 2. The van der Waals surface area contributed by atoms with Crippen molar-refractivity contribution in [3.8, 4) is 11.4 Å². The van der Waals surface area contributed by atoms with Crippen LogP contribution in [-0.2, 0) is 4.79 Å². The SMILES string of the molecule is O=C(CNc1cccc(-c2nnnn2C2CC2)c1)Nc1cc(Cl)ccc1F. The van der Waals surface area contributed by atoms with Crippen LogP contribution in [-0.4, -0.2) is 32.7 Å². The summed E-state index contributed by atoms with van der Waals surface area (Å²) in [6.45, 7) is -0.0248. The van der Waals surface area contributed by atoms with Crippen molar-refractivity contribution in [2.75, 3.05) is 17.2 Å². The molecule has 0 radical (unpaired) electrons. The molecule has 1 amide bonds. The van der Waals surface area contributed by atoms with E-state index in [1.807, 2.05) is 28.9 Å². The normalized spacial score (nSPS) is 13.4. The van der Waals surface area contributed by atoms with Crippen LogP contribution in [0, 0.1) is 5.82 Å². The van der Waals surface area contributed by atoms with E-state index in [0.29, 0.717) is 16.9 Å². The fourth-order valence-corrected chi connectivity index (χ4v) is 2.86. The summed E-state index contributed by atoms with van der Waals surface area (Å²) in [4.78, 5) is 12.1. The molecule has 0 saturated heterocycles. The van der Waals surface area contributed by atoms with E-state index in [9.17, 15) is 9.18 Å². The van der Waals surface area contributed by atoms with Gasteiger partial charge in [-0.05, 0) is 53.6 Å². The summed E-state index contributed by atoms with van der Waals surface area (Å²) in [7, 11) is 0. The standard InChI is InChI=1S/C18H16ClFN6O/c19-12-4-7-15(20)16(9-12)22-17(27)10-21-13-3-1-2-11(8-13)18-23-24-25-26(18)14-5-6-14/h1-4,7-9,14,21H,5-6,10H2,(H,22,27). The van der Waals surface area contributed by atoms with E-state index in [1.54, 1.807) is 0 Å². The lowest BCUT2D eigenvalue weighted by Crippen LogP contribution is -2.22. The number of hydrogen-bond acceptors (Lipinski definition) is 5. The predicted octanol–water partition coefficient (Wildman–Crippen LogP) is 3.52. The highest BCUT2D eigenvalue weighted by molar-refractivity contribution is 6.30. The Bertz CT molecular complexity index is 987. The van der Waals surface area contributed by atoms with Crippen LogP contribution in [0.3, 0.4) is 0 Å². The van der Waals surface area contributed by atoms with Gasteiger partial charge in [-0.15, -0.1) is 5.10 Å². The molecule has 2 N–H and O–H groups in total. The van der Waals surface area contributed by atoms with Gasteiger partial charge in [-0.2, -0.15) is 0 Å². The summed E-state index contributed by atoms with van der Waals surface area (Å²) in [5.41, 5.74) is 1.64. The summed E-state index contributed by atoms with van der Waals surface area (Å²) in [5.74, 6) is -0.224. The molecule has 138 valence electrons. The van der Waals surface area contributed by atoms with Crippen molar-refractivity contribution in [2.24, 2.45) is 0 Å². The smallest absolute Gasteiger partial charge is 0.243 e.